The molecule has 1 N–H and O–H groups in total. The number of likely N-dealkylation sites (tertiary alicyclic amines) is 1. The summed E-state index contributed by atoms with van der Waals surface area (Å²) in [6, 6.07) is 6.32. The molecule has 1 aromatic rings. The van der Waals surface area contributed by atoms with Crippen molar-refractivity contribution >= 4 is 27.6 Å². The zero-order valence-electron chi connectivity index (χ0n) is 14.4. The van der Waals surface area contributed by atoms with Crippen molar-refractivity contribution in [3.05, 3.63) is 29.3 Å². The predicted molar refractivity (Wildman–Crippen MR) is 97.1 cm³/mol. The van der Waals surface area contributed by atoms with Gasteiger partial charge in [-0.25, -0.2) is 13.1 Å². The Hall–Kier alpha value is -1.15. The lowest BCUT2D eigenvalue weighted by Gasteiger charge is -2.17. The maximum atomic E-state index is 12.4. The average molecular weight is 389 g/mol. The van der Waals surface area contributed by atoms with E-state index in [1.165, 1.54) is 6.07 Å². The van der Waals surface area contributed by atoms with Crippen LogP contribution in [0.4, 0.5) is 0 Å². The summed E-state index contributed by atoms with van der Waals surface area (Å²) < 4.78 is 32.5. The Morgan fingerprint density at radius 3 is 2.84 bits per heavy atom. The van der Waals surface area contributed by atoms with Crippen LogP contribution in [0.1, 0.15) is 32.6 Å². The van der Waals surface area contributed by atoms with Gasteiger partial charge in [-0.05, 0) is 51.4 Å². The first kappa shape index (κ1) is 20.2. The van der Waals surface area contributed by atoms with Crippen LogP contribution in [0.15, 0.2) is 29.2 Å². The summed E-state index contributed by atoms with van der Waals surface area (Å²) in [5.74, 6) is -0.158. The Morgan fingerprint density at radius 1 is 1.36 bits per heavy atom. The fourth-order valence-corrected chi connectivity index (χ4v) is 4.70. The van der Waals surface area contributed by atoms with Gasteiger partial charge in [0.25, 0.3) is 0 Å². The lowest BCUT2D eigenvalue weighted by molar-refractivity contribution is -0.143. The quantitative estimate of drug-likeness (QED) is 0.519. The van der Waals surface area contributed by atoms with Crippen molar-refractivity contribution in [1.82, 2.24) is 9.62 Å². The number of esters is 1. The highest BCUT2D eigenvalue weighted by atomic mass is 35.5. The van der Waals surface area contributed by atoms with Crippen LogP contribution in [-0.4, -0.2) is 51.6 Å². The van der Waals surface area contributed by atoms with Crippen molar-refractivity contribution in [2.75, 3.05) is 26.2 Å². The minimum Gasteiger partial charge on any atom is -0.466 e. The van der Waals surface area contributed by atoms with Crippen LogP contribution >= 0.6 is 11.6 Å². The molecule has 0 aromatic heterocycles. The number of unbranched alkanes of at least 4 members (excludes halogenated alkanes) is 1. The first-order valence-electron chi connectivity index (χ1n) is 8.57. The van der Waals surface area contributed by atoms with Gasteiger partial charge in [0.1, 0.15) is 4.90 Å². The molecule has 0 spiro atoms. The maximum Gasteiger partial charge on any atom is 0.305 e. The number of sulfonamides is 1. The molecule has 1 heterocycles. The van der Waals surface area contributed by atoms with Gasteiger partial charge in [0.15, 0.2) is 0 Å². The van der Waals surface area contributed by atoms with Crippen molar-refractivity contribution in [2.45, 2.75) is 43.5 Å². The molecule has 1 unspecified atom stereocenters. The summed E-state index contributed by atoms with van der Waals surface area (Å²) in [7, 11) is -3.61. The molecule has 0 bridgehead atoms. The van der Waals surface area contributed by atoms with Crippen LogP contribution in [0.3, 0.4) is 0 Å². The van der Waals surface area contributed by atoms with E-state index in [4.69, 9.17) is 16.3 Å². The van der Waals surface area contributed by atoms with Crippen LogP contribution in [0.2, 0.25) is 5.02 Å². The fraction of sp³-hybridized carbons (Fsp3) is 0.588. The van der Waals surface area contributed by atoms with Crippen LogP contribution < -0.4 is 4.72 Å². The smallest absolute Gasteiger partial charge is 0.305 e. The second-order valence-corrected chi connectivity index (χ2v) is 8.19. The highest BCUT2D eigenvalue weighted by Crippen LogP contribution is 2.22. The van der Waals surface area contributed by atoms with E-state index in [1.807, 2.05) is 0 Å². The van der Waals surface area contributed by atoms with Gasteiger partial charge in [-0.3, -0.25) is 4.79 Å². The molecule has 1 aliphatic rings. The van der Waals surface area contributed by atoms with Crippen molar-refractivity contribution in [3.8, 4) is 0 Å². The third-order valence-electron chi connectivity index (χ3n) is 4.13. The third kappa shape index (κ3) is 6.26. The molecule has 1 aromatic carbocycles. The molecule has 140 valence electrons. The van der Waals surface area contributed by atoms with Crippen molar-refractivity contribution in [2.24, 2.45) is 0 Å². The SMILES string of the molecule is CCOC(=O)CCCCN1CCC(NS(=O)(=O)c2ccccc2Cl)C1. The normalized spacial score (nSPS) is 18.4. The molecule has 2 rings (SSSR count). The summed E-state index contributed by atoms with van der Waals surface area (Å²) in [6.45, 7) is 4.58. The number of ether oxygens (including phenoxy) is 1. The van der Waals surface area contributed by atoms with E-state index in [-0.39, 0.29) is 21.9 Å². The van der Waals surface area contributed by atoms with E-state index in [1.54, 1.807) is 25.1 Å². The van der Waals surface area contributed by atoms with Gasteiger partial charge in [0.05, 0.1) is 11.6 Å². The van der Waals surface area contributed by atoms with E-state index >= 15 is 0 Å². The summed E-state index contributed by atoms with van der Waals surface area (Å²) in [5.41, 5.74) is 0. The molecule has 1 atom stereocenters. The molecule has 8 heteroatoms. The minimum atomic E-state index is -3.61. The number of halogens is 1. The average Bonchev–Trinajstić information content (AvgIpc) is 2.99. The monoisotopic (exact) mass is 388 g/mol. The standard InChI is InChI=1S/C17H25ClN2O4S/c1-2-24-17(21)9-5-6-11-20-12-10-14(13-20)19-25(22,23)16-8-4-3-7-15(16)18/h3-4,7-8,14,19H,2,5-6,9-13H2,1H3. The summed E-state index contributed by atoms with van der Waals surface area (Å²) in [6.07, 6.45) is 2.87. The van der Waals surface area contributed by atoms with Crippen molar-refractivity contribution < 1.29 is 17.9 Å². The molecule has 25 heavy (non-hydrogen) atoms. The van der Waals surface area contributed by atoms with E-state index in [2.05, 4.69) is 9.62 Å². The van der Waals surface area contributed by atoms with E-state index < -0.39 is 10.0 Å². The van der Waals surface area contributed by atoms with Crippen LogP contribution in [0.25, 0.3) is 0 Å². The van der Waals surface area contributed by atoms with Gasteiger partial charge >= 0.3 is 5.97 Å². The Kier molecular flexibility index (Phi) is 7.68. The van der Waals surface area contributed by atoms with Gasteiger partial charge < -0.3 is 9.64 Å². The van der Waals surface area contributed by atoms with E-state index in [9.17, 15) is 13.2 Å². The number of carbonyl (C=O) groups is 1. The molecular weight excluding hydrogens is 364 g/mol. The summed E-state index contributed by atoms with van der Waals surface area (Å²) in [4.78, 5) is 13.6. The number of benzene rings is 1. The maximum absolute atomic E-state index is 12.4. The first-order valence-corrected chi connectivity index (χ1v) is 10.4. The first-order chi connectivity index (χ1) is 11.9. The van der Waals surface area contributed by atoms with Gasteiger partial charge in [-0.2, -0.15) is 0 Å². The van der Waals surface area contributed by atoms with Gasteiger partial charge in [0, 0.05) is 19.0 Å². The second kappa shape index (κ2) is 9.52. The molecule has 1 saturated heterocycles. The van der Waals surface area contributed by atoms with Gasteiger partial charge in [-0.1, -0.05) is 23.7 Å². The van der Waals surface area contributed by atoms with E-state index in [0.29, 0.717) is 19.6 Å². The highest BCUT2D eigenvalue weighted by molar-refractivity contribution is 7.89. The molecule has 6 nitrogen and oxygen atoms in total. The molecule has 0 aliphatic carbocycles. The molecule has 0 radical (unpaired) electrons. The lowest BCUT2D eigenvalue weighted by Crippen LogP contribution is -2.37. The van der Waals surface area contributed by atoms with Gasteiger partial charge in [-0.15, -0.1) is 0 Å². The Bertz CT molecular complexity index is 681. The summed E-state index contributed by atoms with van der Waals surface area (Å²) in [5, 5.41) is 0.226. The number of carbonyl (C=O) groups excluding carboxylic acids is 1. The van der Waals surface area contributed by atoms with Crippen molar-refractivity contribution in [1.29, 1.82) is 0 Å². The lowest BCUT2D eigenvalue weighted by atomic mass is 10.2. The fourth-order valence-electron chi connectivity index (χ4n) is 2.92. The minimum absolute atomic E-state index is 0.115. The number of hydrogen-bond donors (Lipinski definition) is 1. The Labute approximate surface area is 154 Å². The van der Waals surface area contributed by atoms with Gasteiger partial charge in [0.2, 0.25) is 10.0 Å². The largest absolute Gasteiger partial charge is 0.466 e. The van der Waals surface area contributed by atoms with Crippen LogP contribution in [0.5, 0.6) is 0 Å². The van der Waals surface area contributed by atoms with Crippen LogP contribution in [-0.2, 0) is 19.6 Å². The predicted octanol–water partition coefficient (Wildman–Crippen LogP) is 2.43. The zero-order chi connectivity index (χ0) is 18.3. The number of nitrogens with zero attached hydrogens (tertiary/aromatic N) is 1. The Balaban J connectivity index is 1.75. The molecule has 0 amide bonds. The van der Waals surface area contributed by atoms with Crippen LogP contribution in [0, 0.1) is 0 Å². The molecule has 1 aliphatic heterocycles. The molecule has 1 fully saturated rings. The van der Waals surface area contributed by atoms with E-state index in [0.717, 1.165) is 32.4 Å². The summed E-state index contributed by atoms with van der Waals surface area (Å²) >= 11 is 5.99. The number of nitrogens with one attached hydrogen (secondary N) is 1. The number of hydrogen-bond acceptors (Lipinski definition) is 5. The second-order valence-electron chi connectivity index (χ2n) is 6.10. The molecule has 0 saturated carbocycles. The third-order valence-corrected chi connectivity index (χ3v) is 6.15. The number of rotatable bonds is 9. The Morgan fingerprint density at radius 2 is 2.12 bits per heavy atom. The topological polar surface area (TPSA) is 75.7 Å². The zero-order valence-corrected chi connectivity index (χ0v) is 16.0. The molecular formula is C17H25ClN2O4S. The highest BCUT2D eigenvalue weighted by Gasteiger charge is 2.27. The van der Waals surface area contributed by atoms with Crippen molar-refractivity contribution in [3.63, 3.8) is 0 Å².